The molecule has 0 spiro atoms. The number of aliphatic hydroxyl groups is 1. The summed E-state index contributed by atoms with van der Waals surface area (Å²) in [6, 6.07) is 1.95. The number of hydrogen-bond acceptors (Lipinski definition) is 4. The summed E-state index contributed by atoms with van der Waals surface area (Å²) in [6.45, 7) is 0. The van der Waals surface area contributed by atoms with Crippen LogP contribution in [0.5, 0.6) is 0 Å². The second kappa shape index (κ2) is 3.08. The number of anilines is 1. The highest BCUT2D eigenvalue weighted by atomic mass is 16.3. The van der Waals surface area contributed by atoms with E-state index in [1.807, 2.05) is 10.8 Å². The number of nitrogen functional groups attached to an aromatic ring is 1. The maximum absolute atomic E-state index is 11.6. The van der Waals surface area contributed by atoms with E-state index in [9.17, 15) is 9.90 Å². The van der Waals surface area contributed by atoms with Crippen molar-refractivity contribution >= 4 is 17.0 Å². The molecule has 16 heavy (non-hydrogen) atoms. The SMILES string of the molecule is Nc1nc2c(ccn2C2CC(O)C2)c(=O)[nH]1. The van der Waals surface area contributed by atoms with E-state index in [0.717, 1.165) is 0 Å². The third kappa shape index (κ3) is 1.23. The molecule has 2 aromatic heterocycles. The van der Waals surface area contributed by atoms with Crippen LogP contribution in [-0.2, 0) is 0 Å². The maximum atomic E-state index is 11.6. The first-order valence-corrected chi connectivity index (χ1v) is 5.19. The van der Waals surface area contributed by atoms with E-state index in [1.165, 1.54) is 0 Å². The van der Waals surface area contributed by atoms with E-state index in [-0.39, 0.29) is 23.7 Å². The minimum absolute atomic E-state index is 0.123. The van der Waals surface area contributed by atoms with Gasteiger partial charge < -0.3 is 15.4 Å². The van der Waals surface area contributed by atoms with Crippen molar-refractivity contribution in [1.82, 2.24) is 14.5 Å². The minimum atomic E-state index is -0.234. The molecule has 6 heteroatoms. The summed E-state index contributed by atoms with van der Waals surface area (Å²) in [6.07, 6.45) is 3.00. The third-order valence-electron chi connectivity index (χ3n) is 3.08. The van der Waals surface area contributed by atoms with Crippen molar-refractivity contribution in [3.8, 4) is 0 Å². The molecular formula is C10H12N4O2. The second-order valence-corrected chi connectivity index (χ2v) is 4.19. The number of aromatic amines is 1. The number of nitrogens with one attached hydrogen (secondary N) is 1. The molecule has 0 saturated heterocycles. The molecule has 2 aromatic rings. The van der Waals surface area contributed by atoms with Crippen LogP contribution in [0, 0.1) is 0 Å². The van der Waals surface area contributed by atoms with E-state index >= 15 is 0 Å². The van der Waals surface area contributed by atoms with E-state index in [0.29, 0.717) is 23.9 Å². The summed E-state index contributed by atoms with van der Waals surface area (Å²) in [5.41, 5.74) is 5.88. The predicted octanol–water partition coefficient (Wildman–Crippen LogP) is 0.00260. The van der Waals surface area contributed by atoms with Gasteiger partial charge in [-0.1, -0.05) is 0 Å². The summed E-state index contributed by atoms with van der Waals surface area (Å²) >= 11 is 0. The van der Waals surface area contributed by atoms with Crippen molar-refractivity contribution in [3.63, 3.8) is 0 Å². The van der Waals surface area contributed by atoms with Crippen LogP contribution in [0.1, 0.15) is 18.9 Å². The number of nitrogens with zero attached hydrogens (tertiary/aromatic N) is 2. The number of nitrogens with two attached hydrogens (primary N) is 1. The van der Waals surface area contributed by atoms with Gasteiger partial charge in [0.15, 0.2) is 0 Å². The topological polar surface area (TPSA) is 96.9 Å². The molecule has 0 unspecified atom stereocenters. The third-order valence-corrected chi connectivity index (χ3v) is 3.08. The van der Waals surface area contributed by atoms with Gasteiger partial charge >= 0.3 is 0 Å². The smallest absolute Gasteiger partial charge is 0.261 e. The Morgan fingerprint density at radius 2 is 2.31 bits per heavy atom. The van der Waals surface area contributed by atoms with E-state index in [1.54, 1.807) is 6.07 Å². The second-order valence-electron chi connectivity index (χ2n) is 4.19. The Labute approximate surface area is 90.7 Å². The monoisotopic (exact) mass is 220 g/mol. The average Bonchev–Trinajstić information content (AvgIpc) is 2.56. The lowest BCUT2D eigenvalue weighted by molar-refractivity contribution is 0.0501. The van der Waals surface area contributed by atoms with Crippen LogP contribution in [0.3, 0.4) is 0 Å². The molecule has 6 nitrogen and oxygen atoms in total. The highest BCUT2D eigenvalue weighted by molar-refractivity contribution is 5.76. The van der Waals surface area contributed by atoms with Gasteiger partial charge in [0.1, 0.15) is 5.65 Å². The van der Waals surface area contributed by atoms with Crippen LogP contribution in [0.2, 0.25) is 0 Å². The van der Waals surface area contributed by atoms with Gasteiger partial charge in [0.2, 0.25) is 5.95 Å². The summed E-state index contributed by atoms with van der Waals surface area (Å²) in [7, 11) is 0. The number of aromatic nitrogens is 3. The zero-order chi connectivity index (χ0) is 11.3. The molecular weight excluding hydrogens is 208 g/mol. The van der Waals surface area contributed by atoms with Gasteiger partial charge in [-0.15, -0.1) is 0 Å². The van der Waals surface area contributed by atoms with Crippen LogP contribution < -0.4 is 11.3 Å². The first-order valence-electron chi connectivity index (χ1n) is 5.19. The van der Waals surface area contributed by atoms with Crippen LogP contribution in [0.25, 0.3) is 11.0 Å². The molecule has 2 heterocycles. The van der Waals surface area contributed by atoms with Gasteiger partial charge in [-0.3, -0.25) is 9.78 Å². The van der Waals surface area contributed by atoms with Gasteiger partial charge in [-0.2, -0.15) is 4.98 Å². The fourth-order valence-corrected chi connectivity index (χ4v) is 2.14. The fourth-order valence-electron chi connectivity index (χ4n) is 2.14. The van der Waals surface area contributed by atoms with Gasteiger partial charge in [0.05, 0.1) is 11.5 Å². The fraction of sp³-hybridized carbons (Fsp3) is 0.400. The molecule has 84 valence electrons. The molecule has 0 amide bonds. The first kappa shape index (κ1) is 9.41. The molecule has 1 aliphatic carbocycles. The van der Waals surface area contributed by atoms with Crippen molar-refractivity contribution in [2.45, 2.75) is 25.0 Å². The Morgan fingerprint density at radius 3 is 3.00 bits per heavy atom. The van der Waals surface area contributed by atoms with Crippen molar-refractivity contribution in [2.75, 3.05) is 5.73 Å². The predicted molar refractivity (Wildman–Crippen MR) is 59.0 cm³/mol. The number of aliphatic hydroxyl groups excluding tert-OH is 1. The molecule has 0 atom stereocenters. The van der Waals surface area contributed by atoms with Gasteiger partial charge in [0, 0.05) is 12.2 Å². The lowest BCUT2D eigenvalue weighted by atomic mass is 9.89. The average molecular weight is 220 g/mol. The van der Waals surface area contributed by atoms with Crippen LogP contribution in [0.15, 0.2) is 17.1 Å². The lowest BCUT2D eigenvalue weighted by Crippen LogP contribution is -2.30. The molecule has 0 aliphatic heterocycles. The number of H-pyrrole nitrogens is 1. The van der Waals surface area contributed by atoms with E-state index < -0.39 is 0 Å². The highest BCUT2D eigenvalue weighted by Crippen LogP contribution is 2.33. The van der Waals surface area contributed by atoms with Crippen LogP contribution in [0.4, 0.5) is 5.95 Å². The molecule has 1 aliphatic rings. The van der Waals surface area contributed by atoms with E-state index in [2.05, 4.69) is 9.97 Å². The van der Waals surface area contributed by atoms with Gasteiger partial charge in [-0.25, -0.2) is 0 Å². The summed E-state index contributed by atoms with van der Waals surface area (Å²) in [5.74, 6) is 0.123. The van der Waals surface area contributed by atoms with Crippen LogP contribution in [-0.4, -0.2) is 25.7 Å². The molecule has 4 N–H and O–H groups in total. The minimum Gasteiger partial charge on any atom is -0.393 e. The molecule has 0 radical (unpaired) electrons. The Bertz CT molecular complexity index is 594. The molecule has 0 aromatic carbocycles. The normalized spacial score (nSPS) is 24.6. The Hall–Kier alpha value is -1.82. The summed E-state index contributed by atoms with van der Waals surface area (Å²) < 4.78 is 1.91. The Kier molecular flexibility index (Phi) is 1.81. The number of fused-ring (bicyclic) bond motifs is 1. The standard InChI is InChI=1S/C10H12N4O2/c11-10-12-8-7(9(16)13-10)1-2-14(8)5-3-6(15)4-5/h1-2,5-6,15H,3-4H2,(H3,11,12,13,16). The molecule has 1 saturated carbocycles. The number of hydrogen-bond donors (Lipinski definition) is 3. The van der Waals surface area contributed by atoms with E-state index in [4.69, 9.17) is 5.73 Å². The summed E-state index contributed by atoms with van der Waals surface area (Å²) in [5, 5.41) is 9.81. The number of rotatable bonds is 1. The maximum Gasteiger partial charge on any atom is 0.261 e. The van der Waals surface area contributed by atoms with Crippen LogP contribution >= 0.6 is 0 Å². The molecule has 0 bridgehead atoms. The Balaban J connectivity index is 2.16. The van der Waals surface area contributed by atoms with Gasteiger partial charge in [0.25, 0.3) is 5.56 Å². The Morgan fingerprint density at radius 1 is 1.56 bits per heavy atom. The molecule has 3 rings (SSSR count). The first-order chi connectivity index (χ1) is 7.65. The van der Waals surface area contributed by atoms with Crippen molar-refractivity contribution < 1.29 is 5.11 Å². The highest BCUT2D eigenvalue weighted by Gasteiger charge is 2.29. The van der Waals surface area contributed by atoms with Crippen molar-refractivity contribution in [1.29, 1.82) is 0 Å². The molecule has 1 fully saturated rings. The zero-order valence-corrected chi connectivity index (χ0v) is 8.55. The largest absolute Gasteiger partial charge is 0.393 e. The van der Waals surface area contributed by atoms with Crippen molar-refractivity contribution in [2.24, 2.45) is 0 Å². The van der Waals surface area contributed by atoms with Crippen molar-refractivity contribution in [3.05, 3.63) is 22.6 Å². The zero-order valence-electron chi connectivity index (χ0n) is 8.55. The lowest BCUT2D eigenvalue weighted by Gasteiger charge is -2.32. The quantitative estimate of drug-likeness (QED) is 0.630. The summed E-state index contributed by atoms with van der Waals surface area (Å²) in [4.78, 5) is 18.2. The van der Waals surface area contributed by atoms with Gasteiger partial charge in [-0.05, 0) is 18.9 Å².